The Morgan fingerprint density at radius 3 is 2.50 bits per heavy atom. The van der Waals surface area contributed by atoms with Gasteiger partial charge >= 0.3 is 6.18 Å². The molecule has 18 heavy (non-hydrogen) atoms. The molecule has 1 aromatic rings. The van der Waals surface area contributed by atoms with E-state index < -0.39 is 12.1 Å². The molecule has 6 heteroatoms. The van der Waals surface area contributed by atoms with Gasteiger partial charge in [0.05, 0.1) is 11.6 Å². The smallest absolute Gasteiger partial charge is 0.384 e. The summed E-state index contributed by atoms with van der Waals surface area (Å²) in [5, 5.41) is 0. The fraction of sp³-hybridized carbons (Fsp3) is 0.583. The lowest BCUT2D eigenvalue weighted by Crippen LogP contribution is -2.38. The predicted molar refractivity (Wildman–Crippen MR) is 62.7 cm³/mol. The number of anilines is 1. The number of rotatable bonds is 2. The van der Waals surface area contributed by atoms with Gasteiger partial charge in [0.2, 0.25) is 0 Å². The minimum absolute atomic E-state index is 0.172. The summed E-state index contributed by atoms with van der Waals surface area (Å²) >= 11 is 0. The van der Waals surface area contributed by atoms with E-state index in [2.05, 4.69) is 4.98 Å². The molecule has 0 spiro atoms. The highest BCUT2D eigenvalue weighted by Gasteiger charge is 2.40. The Hall–Kier alpha value is -1.30. The molecule has 1 aliphatic heterocycles. The van der Waals surface area contributed by atoms with Gasteiger partial charge in [0.1, 0.15) is 5.82 Å². The molecule has 3 nitrogen and oxygen atoms in total. The molecule has 100 valence electrons. The summed E-state index contributed by atoms with van der Waals surface area (Å²) in [5.74, 6) is -0.708. The number of hydrogen-bond donors (Lipinski definition) is 1. The molecule has 0 aliphatic carbocycles. The van der Waals surface area contributed by atoms with Crippen LogP contribution < -0.4 is 5.73 Å². The van der Waals surface area contributed by atoms with Crippen LogP contribution in [0.25, 0.3) is 0 Å². The molecule has 1 fully saturated rings. The summed E-state index contributed by atoms with van der Waals surface area (Å²) in [4.78, 5) is 6.14. The molecular formula is C12H16F3N3. The van der Waals surface area contributed by atoms with Gasteiger partial charge in [0.15, 0.2) is 0 Å². The zero-order valence-electron chi connectivity index (χ0n) is 9.95. The van der Waals surface area contributed by atoms with Gasteiger partial charge in [-0.25, -0.2) is 4.98 Å². The molecule has 1 aliphatic rings. The van der Waals surface area contributed by atoms with Gasteiger partial charge in [0.25, 0.3) is 0 Å². The second-order valence-corrected chi connectivity index (χ2v) is 4.65. The highest BCUT2D eigenvalue weighted by molar-refractivity contribution is 5.28. The Balaban J connectivity index is 1.87. The number of hydrogen-bond acceptors (Lipinski definition) is 3. The van der Waals surface area contributed by atoms with Crippen molar-refractivity contribution < 1.29 is 13.2 Å². The highest BCUT2D eigenvalue weighted by Crippen LogP contribution is 2.34. The predicted octanol–water partition coefficient (Wildman–Crippen LogP) is 2.44. The first kappa shape index (κ1) is 13.1. The molecule has 2 N–H and O–H groups in total. The van der Waals surface area contributed by atoms with Crippen molar-refractivity contribution in [3.63, 3.8) is 0 Å². The number of halogens is 3. The Morgan fingerprint density at radius 2 is 1.94 bits per heavy atom. The summed E-state index contributed by atoms with van der Waals surface area (Å²) in [5.41, 5.74) is 6.37. The van der Waals surface area contributed by atoms with Crippen LogP contribution >= 0.6 is 0 Å². The minimum atomic E-state index is -4.05. The summed E-state index contributed by atoms with van der Waals surface area (Å²) in [6, 6.07) is 5.34. The standard InChI is InChI=1S/C12H16F3N3/c13-12(14,15)9-4-6-18(7-5-9)8-10-2-1-3-11(16)17-10/h1-3,9H,4-8H2,(H2,16,17). The fourth-order valence-corrected chi connectivity index (χ4v) is 2.23. The number of likely N-dealkylation sites (tertiary alicyclic amines) is 1. The van der Waals surface area contributed by atoms with E-state index in [-0.39, 0.29) is 12.8 Å². The molecule has 0 aromatic carbocycles. The van der Waals surface area contributed by atoms with E-state index in [0.717, 1.165) is 5.69 Å². The van der Waals surface area contributed by atoms with Gasteiger partial charge in [0, 0.05) is 6.54 Å². The SMILES string of the molecule is Nc1cccc(CN2CCC(C(F)(F)F)CC2)n1. The lowest BCUT2D eigenvalue weighted by molar-refractivity contribution is -0.185. The molecule has 0 unspecified atom stereocenters. The zero-order valence-corrected chi connectivity index (χ0v) is 9.95. The first-order chi connectivity index (χ1) is 8.45. The van der Waals surface area contributed by atoms with Crippen LogP contribution in [0.15, 0.2) is 18.2 Å². The van der Waals surface area contributed by atoms with Crippen molar-refractivity contribution in [2.24, 2.45) is 5.92 Å². The van der Waals surface area contributed by atoms with E-state index in [9.17, 15) is 13.2 Å². The number of alkyl halides is 3. The molecule has 0 saturated carbocycles. The van der Waals surface area contributed by atoms with Gasteiger partial charge in [-0.3, -0.25) is 4.90 Å². The van der Waals surface area contributed by atoms with Crippen LogP contribution in [0.2, 0.25) is 0 Å². The molecule has 2 heterocycles. The fourth-order valence-electron chi connectivity index (χ4n) is 2.23. The summed E-state index contributed by atoms with van der Waals surface area (Å²) < 4.78 is 37.5. The number of piperidine rings is 1. The third-order valence-electron chi connectivity index (χ3n) is 3.26. The van der Waals surface area contributed by atoms with E-state index >= 15 is 0 Å². The molecule has 0 radical (unpaired) electrons. The highest BCUT2D eigenvalue weighted by atomic mass is 19.4. The number of aromatic nitrogens is 1. The van der Waals surface area contributed by atoms with Crippen LogP contribution in [0.4, 0.5) is 19.0 Å². The van der Waals surface area contributed by atoms with Crippen LogP contribution in [0.5, 0.6) is 0 Å². The van der Waals surface area contributed by atoms with Crippen molar-refractivity contribution in [3.8, 4) is 0 Å². The Labute approximate surface area is 104 Å². The third-order valence-corrected chi connectivity index (χ3v) is 3.26. The lowest BCUT2D eigenvalue weighted by Gasteiger charge is -2.32. The minimum Gasteiger partial charge on any atom is -0.384 e. The Bertz CT molecular complexity index is 398. The summed E-state index contributed by atoms with van der Waals surface area (Å²) in [6.45, 7) is 1.48. The first-order valence-corrected chi connectivity index (χ1v) is 5.95. The van der Waals surface area contributed by atoms with E-state index in [4.69, 9.17) is 5.73 Å². The van der Waals surface area contributed by atoms with Crippen molar-refractivity contribution in [1.29, 1.82) is 0 Å². The van der Waals surface area contributed by atoms with Crippen molar-refractivity contribution >= 4 is 5.82 Å². The maximum Gasteiger partial charge on any atom is 0.391 e. The Kier molecular flexibility index (Phi) is 3.75. The van der Waals surface area contributed by atoms with Gasteiger partial charge in [-0.15, -0.1) is 0 Å². The number of nitrogen functional groups attached to an aromatic ring is 1. The average molecular weight is 259 g/mol. The largest absolute Gasteiger partial charge is 0.391 e. The van der Waals surface area contributed by atoms with Gasteiger partial charge < -0.3 is 5.73 Å². The molecule has 0 atom stereocenters. The van der Waals surface area contributed by atoms with Crippen molar-refractivity contribution in [1.82, 2.24) is 9.88 Å². The van der Waals surface area contributed by atoms with Crippen molar-refractivity contribution in [3.05, 3.63) is 23.9 Å². The molecule has 1 aromatic heterocycles. The topological polar surface area (TPSA) is 42.1 Å². The Morgan fingerprint density at radius 1 is 1.28 bits per heavy atom. The van der Waals surface area contributed by atoms with Crippen LogP contribution in [-0.2, 0) is 6.54 Å². The first-order valence-electron chi connectivity index (χ1n) is 5.95. The third kappa shape index (κ3) is 3.35. The summed E-state index contributed by atoms with van der Waals surface area (Å²) in [7, 11) is 0. The van der Waals surface area contributed by atoms with Gasteiger partial charge in [-0.1, -0.05) is 6.07 Å². The van der Waals surface area contributed by atoms with Gasteiger partial charge in [-0.2, -0.15) is 13.2 Å². The van der Waals surface area contributed by atoms with Crippen molar-refractivity contribution in [2.45, 2.75) is 25.6 Å². The van der Waals surface area contributed by atoms with Crippen LogP contribution in [0, 0.1) is 5.92 Å². The average Bonchev–Trinajstić information content (AvgIpc) is 2.28. The number of pyridine rings is 1. The second kappa shape index (κ2) is 5.14. The van der Waals surface area contributed by atoms with Crippen LogP contribution in [0.1, 0.15) is 18.5 Å². The quantitative estimate of drug-likeness (QED) is 0.887. The normalized spacial score (nSPS) is 19.1. The van der Waals surface area contributed by atoms with E-state index in [1.165, 1.54) is 0 Å². The molecule has 2 rings (SSSR count). The number of nitrogens with zero attached hydrogens (tertiary/aromatic N) is 2. The summed E-state index contributed by atoms with van der Waals surface area (Å²) in [6.07, 6.45) is -3.71. The zero-order chi connectivity index (χ0) is 13.2. The van der Waals surface area contributed by atoms with E-state index in [0.29, 0.717) is 25.5 Å². The number of nitrogens with two attached hydrogens (primary N) is 1. The maximum absolute atomic E-state index is 12.5. The van der Waals surface area contributed by atoms with E-state index in [1.807, 2.05) is 11.0 Å². The molecule has 1 saturated heterocycles. The second-order valence-electron chi connectivity index (χ2n) is 4.65. The van der Waals surface area contributed by atoms with Crippen molar-refractivity contribution in [2.75, 3.05) is 18.8 Å². The molecular weight excluding hydrogens is 243 g/mol. The monoisotopic (exact) mass is 259 g/mol. The van der Waals surface area contributed by atoms with Crippen LogP contribution in [-0.4, -0.2) is 29.1 Å². The van der Waals surface area contributed by atoms with Gasteiger partial charge in [-0.05, 0) is 38.1 Å². The molecule has 0 bridgehead atoms. The molecule has 0 amide bonds. The lowest BCUT2D eigenvalue weighted by atomic mass is 9.96. The van der Waals surface area contributed by atoms with E-state index in [1.54, 1.807) is 12.1 Å². The van der Waals surface area contributed by atoms with Crippen LogP contribution in [0.3, 0.4) is 0 Å². The maximum atomic E-state index is 12.5.